The summed E-state index contributed by atoms with van der Waals surface area (Å²) in [6, 6.07) is 4.23. The van der Waals surface area contributed by atoms with Gasteiger partial charge in [-0.25, -0.2) is 0 Å². The summed E-state index contributed by atoms with van der Waals surface area (Å²) in [5, 5.41) is 2.39. The van der Waals surface area contributed by atoms with Gasteiger partial charge in [-0.05, 0) is 28.1 Å². The lowest BCUT2D eigenvalue weighted by molar-refractivity contribution is -0.00541. The van der Waals surface area contributed by atoms with E-state index in [1.54, 1.807) is 0 Å². The van der Waals surface area contributed by atoms with Gasteiger partial charge in [0.05, 0.1) is 12.0 Å². The number of hydrogen-bond acceptors (Lipinski definition) is 0. The van der Waals surface area contributed by atoms with E-state index < -0.39 is 0 Å². The van der Waals surface area contributed by atoms with Crippen LogP contribution in [0.1, 0.15) is 17.5 Å². The van der Waals surface area contributed by atoms with E-state index in [0.29, 0.717) is 0 Å². The van der Waals surface area contributed by atoms with E-state index in [4.69, 9.17) is 5.53 Å². The number of hydrogen-bond donors (Lipinski definition) is 0. The molecule has 0 spiro atoms. The Morgan fingerprint density at radius 1 is 1.21 bits per heavy atom. The maximum atomic E-state index is 8.80. The predicted molar refractivity (Wildman–Crippen MR) is 56.0 cm³/mol. The molecule has 0 N–H and O–H groups in total. The van der Waals surface area contributed by atoms with Crippen molar-refractivity contribution in [3.05, 3.63) is 45.3 Å². The van der Waals surface area contributed by atoms with E-state index in [1.807, 2.05) is 6.08 Å². The van der Waals surface area contributed by atoms with Crippen LogP contribution in [0.4, 0.5) is 0 Å². The van der Waals surface area contributed by atoms with Crippen LogP contribution in [0, 0.1) is 0 Å². The third-order valence-corrected chi connectivity index (χ3v) is 2.75. The van der Waals surface area contributed by atoms with Crippen molar-refractivity contribution in [1.82, 2.24) is 0 Å². The van der Waals surface area contributed by atoms with E-state index >= 15 is 0 Å². The Bertz CT molecular complexity index is 614. The van der Waals surface area contributed by atoms with Gasteiger partial charge >= 0.3 is 5.71 Å². The van der Waals surface area contributed by atoms with Gasteiger partial charge in [-0.2, -0.15) is 4.79 Å². The number of rotatable bonds is 0. The topological polar surface area (TPSA) is 36.4 Å². The molecule has 2 aliphatic carbocycles. The van der Waals surface area contributed by atoms with Crippen molar-refractivity contribution in [3.63, 3.8) is 0 Å². The molecular formula is C12H8N2. The standard InChI is InChI=1S/C12H8N2/c13-14-12-5-4-10-6-8-2-1-3-9(8)7-11(10)12/h1-4,6-7H,5H2. The van der Waals surface area contributed by atoms with Crippen molar-refractivity contribution in [1.29, 1.82) is 0 Å². The smallest absolute Gasteiger partial charge is 0.303 e. The van der Waals surface area contributed by atoms with Gasteiger partial charge in [-0.15, -0.1) is 0 Å². The van der Waals surface area contributed by atoms with Crippen molar-refractivity contribution in [2.24, 2.45) is 0 Å². The molecule has 0 unspecified atom stereocenters. The molecular weight excluding hydrogens is 172 g/mol. The third kappa shape index (κ3) is 0.860. The fourth-order valence-corrected chi connectivity index (χ4v) is 2.02. The van der Waals surface area contributed by atoms with E-state index in [2.05, 4.69) is 35.2 Å². The van der Waals surface area contributed by atoms with Crippen LogP contribution in [-0.4, -0.2) is 10.5 Å². The Balaban J connectivity index is 2.43. The highest BCUT2D eigenvalue weighted by molar-refractivity contribution is 6.03. The monoisotopic (exact) mass is 180 g/mol. The van der Waals surface area contributed by atoms with Crippen molar-refractivity contribution in [2.75, 3.05) is 0 Å². The molecule has 0 fully saturated rings. The van der Waals surface area contributed by atoms with Crippen molar-refractivity contribution >= 4 is 23.9 Å². The molecule has 0 saturated carbocycles. The highest BCUT2D eigenvalue weighted by Gasteiger charge is 2.18. The van der Waals surface area contributed by atoms with Crippen LogP contribution in [0.25, 0.3) is 23.8 Å². The second-order valence-corrected chi connectivity index (χ2v) is 3.55. The summed E-state index contributed by atoms with van der Waals surface area (Å²) >= 11 is 0. The Morgan fingerprint density at radius 2 is 2.14 bits per heavy atom. The molecule has 1 aromatic carbocycles. The normalized spacial score (nSPS) is 15.6. The van der Waals surface area contributed by atoms with Gasteiger partial charge in [-0.3, -0.25) is 0 Å². The predicted octanol–water partition coefficient (Wildman–Crippen LogP) is 0.697. The van der Waals surface area contributed by atoms with E-state index in [9.17, 15) is 0 Å². The van der Waals surface area contributed by atoms with Crippen molar-refractivity contribution < 1.29 is 4.79 Å². The van der Waals surface area contributed by atoms with Gasteiger partial charge in [0, 0.05) is 0 Å². The Morgan fingerprint density at radius 3 is 3.00 bits per heavy atom. The van der Waals surface area contributed by atoms with Crippen LogP contribution < -0.4 is 10.4 Å². The minimum Gasteiger partial charge on any atom is -0.361 e. The second kappa shape index (κ2) is 2.53. The molecule has 0 aromatic heterocycles. The molecule has 0 heterocycles. The van der Waals surface area contributed by atoms with Gasteiger partial charge in [0.25, 0.3) is 0 Å². The molecule has 0 amide bonds. The lowest BCUT2D eigenvalue weighted by atomic mass is 10.1. The van der Waals surface area contributed by atoms with Crippen molar-refractivity contribution in [3.8, 4) is 0 Å². The first-order valence-corrected chi connectivity index (χ1v) is 4.62. The summed E-state index contributed by atoms with van der Waals surface area (Å²) < 4.78 is 0. The van der Waals surface area contributed by atoms with Gasteiger partial charge < -0.3 is 5.53 Å². The Labute approximate surface area is 81.1 Å². The molecule has 0 aliphatic heterocycles. The number of nitrogens with zero attached hydrogens (tertiary/aromatic N) is 2. The van der Waals surface area contributed by atoms with Crippen LogP contribution in [0.5, 0.6) is 0 Å². The third-order valence-electron chi connectivity index (χ3n) is 2.75. The molecule has 0 atom stereocenters. The first-order chi connectivity index (χ1) is 6.88. The summed E-state index contributed by atoms with van der Waals surface area (Å²) in [5.74, 6) is 0. The minimum atomic E-state index is 0.735. The summed E-state index contributed by atoms with van der Waals surface area (Å²) in [6.45, 7) is 0. The van der Waals surface area contributed by atoms with E-state index in [0.717, 1.165) is 17.7 Å². The quantitative estimate of drug-likeness (QED) is 0.416. The molecule has 0 radical (unpaired) electrons. The summed E-state index contributed by atoms with van der Waals surface area (Å²) in [4.78, 5) is 3.31. The molecule has 1 aromatic rings. The first kappa shape index (κ1) is 7.48. The minimum absolute atomic E-state index is 0.735. The fourth-order valence-electron chi connectivity index (χ4n) is 2.02. The van der Waals surface area contributed by atoms with Gasteiger partial charge in [0.15, 0.2) is 0 Å². The zero-order valence-corrected chi connectivity index (χ0v) is 7.57. The summed E-state index contributed by atoms with van der Waals surface area (Å²) in [7, 11) is 0. The number of benzene rings is 1. The average molecular weight is 180 g/mol. The van der Waals surface area contributed by atoms with Crippen LogP contribution in [-0.2, 0) is 0 Å². The van der Waals surface area contributed by atoms with Gasteiger partial charge in [-0.1, -0.05) is 24.3 Å². The summed E-state index contributed by atoms with van der Waals surface area (Å²) in [5.41, 5.74) is 11.9. The number of allylic oxidation sites excluding steroid dienone is 1. The lowest BCUT2D eigenvalue weighted by Crippen LogP contribution is -2.16. The van der Waals surface area contributed by atoms with Crippen LogP contribution in [0.3, 0.4) is 0 Å². The molecule has 2 nitrogen and oxygen atoms in total. The summed E-state index contributed by atoms with van der Waals surface area (Å²) in [6.07, 6.45) is 9.03. The second-order valence-electron chi connectivity index (χ2n) is 3.55. The Kier molecular flexibility index (Phi) is 1.35. The molecule has 14 heavy (non-hydrogen) atoms. The first-order valence-electron chi connectivity index (χ1n) is 4.62. The molecule has 2 heteroatoms. The lowest BCUT2D eigenvalue weighted by Gasteiger charge is -1.93. The van der Waals surface area contributed by atoms with Crippen LogP contribution >= 0.6 is 0 Å². The highest BCUT2D eigenvalue weighted by Crippen LogP contribution is 2.07. The zero-order valence-electron chi connectivity index (χ0n) is 7.57. The van der Waals surface area contributed by atoms with E-state index in [-0.39, 0.29) is 0 Å². The highest BCUT2D eigenvalue weighted by atomic mass is 14.9. The maximum absolute atomic E-state index is 8.80. The molecule has 0 bridgehead atoms. The fraction of sp³-hybridized carbons (Fsp3) is 0.0833. The Hall–Kier alpha value is -1.92. The molecule has 0 saturated heterocycles. The molecule has 3 rings (SSSR count). The van der Waals surface area contributed by atoms with Gasteiger partial charge in [0.2, 0.25) is 0 Å². The van der Waals surface area contributed by atoms with E-state index in [1.165, 1.54) is 16.0 Å². The number of fused-ring (bicyclic) bond motifs is 2. The zero-order chi connectivity index (χ0) is 9.54. The largest absolute Gasteiger partial charge is 0.361 e. The SMILES string of the molecule is [N-]=[N+]=C1CC=c2cc3c(cc21)=CC=C3. The molecule has 66 valence electrons. The van der Waals surface area contributed by atoms with Gasteiger partial charge in [0.1, 0.15) is 0 Å². The molecule has 2 aliphatic rings. The van der Waals surface area contributed by atoms with Crippen molar-refractivity contribution in [2.45, 2.75) is 6.42 Å². The van der Waals surface area contributed by atoms with Crippen LogP contribution in [0.2, 0.25) is 0 Å². The average Bonchev–Trinajstić information content (AvgIpc) is 2.78. The maximum Gasteiger partial charge on any atom is 0.303 e. The van der Waals surface area contributed by atoms with Crippen LogP contribution in [0.15, 0.2) is 18.2 Å².